The molecule has 1 N–H and O–H groups in total. The molecule has 0 saturated heterocycles. The summed E-state index contributed by atoms with van der Waals surface area (Å²) in [5, 5.41) is 2.53. The molecule has 6 nitrogen and oxygen atoms in total. The summed E-state index contributed by atoms with van der Waals surface area (Å²) in [6.07, 6.45) is 1.37. The normalized spacial score (nSPS) is 10.2. The first-order chi connectivity index (χ1) is 7.47. The Morgan fingerprint density at radius 1 is 1.50 bits per heavy atom. The topological polar surface area (TPSA) is 73.1 Å². The summed E-state index contributed by atoms with van der Waals surface area (Å²) in [6.45, 7) is 1.96. The molecule has 16 heavy (non-hydrogen) atoms. The van der Waals surface area contributed by atoms with Gasteiger partial charge >= 0.3 is 5.69 Å². The van der Waals surface area contributed by atoms with Gasteiger partial charge in [0.15, 0.2) is 0 Å². The third kappa shape index (κ3) is 2.60. The van der Waals surface area contributed by atoms with E-state index in [4.69, 9.17) is 0 Å². The Kier molecular flexibility index (Phi) is 4.05. The van der Waals surface area contributed by atoms with E-state index >= 15 is 0 Å². The molecule has 0 aliphatic carbocycles. The Morgan fingerprint density at radius 2 is 2.12 bits per heavy atom. The molecule has 0 unspecified atom stereocenters. The monoisotopic (exact) mass is 289 g/mol. The van der Waals surface area contributed by atoms with E-state index in [2.05, 4.69) is 21.2 Å². The number of nitrogens with zero attached hydrogens (tertiary/aromatic N) is 2. The number of nitrogens with one attached hydrogen (secondary N) is 1. The summed E-state index contributed by atoms with van der Waals surface area (Å²) in [6, 6.07) is 0. The van der Waals surface area contributed by atoms with Crippen LogP contribution in [0.25, 0.3) is 0 Å². The van der Waals surface area contributed by atoms with Crippen molar-refractivity contribution in [1.82, 2.24) is 14.5 Å². The number of amides is 1. The standard InChI is InChI=1S/C9H12BrN3O3/c1-3-11-7(14)5-13-8(15)6(10)4-12(2)9(13)16/h4H,3,5H2,1-2H3,(H,11,14). The summed E-state index contributed by atoms with van der Waals surface area (Å²) in [7, 11) is 1.51. The highest BCUT2D eigenvalue weighted by Gasteiger charge is 2.10. The zero-order valence-corrected chi connectivity index (χ0v) is 10.6. The second-order valence-electron chi connectivity index (χ2n) is 3.22. The van der Waals surface area contributed by atoms with E-state index in [9.17, 15) is 14.4 Å². The van der Waals surface area contributed by atoms with Crippen LogP contribution in [-0.4, -0.2) is 21.6 Å². The molecule has 0 bridgehead atoms. The minimum atomic E-state index is -0.514. The predicted octanol–water partition coefficient (Wildman–Crippen LogP) is -0.554. The average molecular weight is 290 g/mol. The maximum atomic E-state index is 11.6. The highest BCUT2D eigenvalue weighted by Crippen LogP contribution is 1.97. The number of rotatable bonds is 3. The number of halogens is 1. The quantitative estimate of drug-likeness (QED) is 0.811. The Bertz CT molecular complexity index is 483. The minimum Gasteiger partial charge on any atom is -0.355 e. The Hall–Kier alpha value is -1.37. The maximum absolute atomic E-state index is 11.6. The molecule has 1 amide bonds. The van der Waals surface area contributed by atoms with Crippen molar-refractivity contribution in [3.05, 3.63) is 31.5 Å². The van der Waals surface area contributed by atoms with Crippen molar-refractivity contribution in [3.63, 3.8) is 0 Å². The first kappa shape index (κ1) is 12.7. The number of hydrogen-bond donors (Lipinski definition) is 1. The van der Waals surface area contributed by atoms with Gasteiger partial charge in [-0.2, -0.15) is 0 Å². The van der Waals surface area contributed by atoms with Crippen molar-refractivity contribution < 1.29 is 4.79 Å². The smallest absolute Gasteiger partial charge is 0.331 e. The third-order valence-corrected chi connectivity index (χ3v) is 2.51. The molecule has 1 heterocycles. The Labute approximate surface area is 100 Å². The van der Waals surface area contributed by atoms with Crippen molar-refractivity contribution in [2.75, 3.05) is 6.54 Å². The Balaban J connectivity index is 3.18. The van der Waals surface area contributed by atoms with E-state index in [0.717, 1.165) is 4.57 Å². The lowest BCUT2D eigenvalue weighted by Crippen LogP contribution is -2.43. The minimum absolute atomic E-state index is 0.249. The summed E-state index contributed by atoms with van der Waals surface area (Å²) in [5.41, 5.74) is -1.02. The van der Waals surface area contributed by atoms with Gasteiger partial charge in [-0.15, -0.1) is 0 Å². The van der Waals surface area contributed by atoms with Crippen molar-refractivity contribution in [1.29, 1.82) is 0 Å². The fourth-order valence-corrected chi connectivity index (χ4v) is 1.74. The summed E-state index contributed by atoms with van der Waals surface area (Å²) >= 11 is 3.04. The van der Waals surface area contributed by atoms with Crippen LogP contribution in [0.15, 0.2) is 20.3 Å². The van der Waals surface area contributed by atoms with E-state index in [1.54, 1.807) is 6.92 Å². The lowest BCUT2D eigenvalue weighted by atomic mass is 10.5. The van der Waals surface area contributed by atoms with Crippen molar-refractivity contribution in [2.24, 2.45) is 7.05 Å². The predicted molar refractivity (Wildman–Crippen MR) is 62.3 cm³/mol. The second kappa shape index (κ2) is 5.11. The molecule has 0 saturated carbocycles. The number of carbonyl (C=O) groups is 1. The maximum Gasteiger partial charge on any atom is 0.331 e. The molecule has 0 spiro atoms. The molecule has 1 aromatic heterocycles. The van der Waals surface area contributed by atoms with Crippen LogP contribution in [0.5, 0.6) is 0 Å². The van der Waals surface area contributed by atoms with Gasteiger partial charge in [0.25, 0.3) is 5.56 Å². The molecule has 0 fully saturated rings. The molecular weight excluding hydrogens is 278 g/mol. The molecular formula is C9H12BrN3O3. The summed E-state index contributed by atoms with van der Waals surface area (Å²) in [4.78, 5) is 34.5. The number of aromatic nitrogens is 2. The SMILES string of the molecule is CCNC(=O)Cn1c(=O)c(Br)cn(C)c1=O. The molecule has 0 radical (unpaired) electrons. The van der Waals surface area contributed by atoms with Crippen LogP contribution in [0.2, 0.25) is 0 Å². The summed E-state index contributed by atoms with van der Waals surface area (Å²) < 4.78 is 2.37. The number of hydrogen-bond acceptors (Lipinski definition) is 3. The van der Waals surface area contributed by atoms with Gasteiger partial charge in [-0.25, -0.2) is 9.36 Å². The number of carbonyl (C=O) groups excluding carboxylic acids is 1. The Morgan fingerprint density at radius 3 is 2.69 bits per heavy atom. The highest BCUT2D eigenvalue weighted by atomic mass is 79.9. The zero-order valence-electron chi connectivity index (χ0n) is 8.99. The van der Waals surface area contributed by atoms with E-state index < -0.39 is 11.2 Å². The van der Waals surface area contributed by atoms with Crippen LogP contribution in [0, 0.1) is 0 Å². The number of likely N-dealkylation sites (N-methyl/N-ethyl adjacent to an activating group) is 1. The average Bonchev–Trinajstić information content (AvgIpc) is 2.22. The lowest BCUT2D eigenvalue weighted by Gasteiger charge is -2.07. The van der Waals surface area contributed by atoms with Crippen LogP contribution in [-0.2, 0) is 18.4 Å². The fraction of sp³-hybridized carbons (Fsp3) is 0.444. The largest absolute Gasteiger partial charge is 0.355 e. The van der Waals surface area contributed by atoms with Gasteiger partial charge in [0, 0.05) is 19.8 Å². The summed E-state index contributed by atoms with van der Waals surface area (Å²) in [5.74, 6) is -0.361. The fourth-order valence-electron chi connectivity index (χ4n) is 1.22. The van der Waals surface area contributed by atoms with Gasteiger partial charge in [-0.1, -0.05) is 0 Å². The molecule has 0 aromatic carbocycles. The van der Waals surface area contributed by atoms with E-state index in [1.807, 2.05) is 0 Å². The van der Waals surface area contributed by atoms with Crippen LogP contribution < -0.4 is 16.6 Å². The van der Waals surface area contributed by atoms with Crippen LogP contribution >= 0.6 is 15.9 Å². The van der Waals surface area contributed by atoms with Gasteiger partial charge in [-0.3, -0.25) is 9.59 Å². The molecule has 1 aromatic rings. The second-order valence-corrected chi connectivity index (χ2v) is 4.07. The zero-order chi connectivity index (χ0) is 12.3. The van der Waals surface area contributed by atoms with Crippen molar-refractivity contribution in [3.8, 4) is 0 Å². The molecule has 88 valence electrons. The van der Waals surface area contributed by atoms with Crippen molar-refractivity contribution in [2.45, 2.75) is 13.5 Å². The van der Waals surface area contributed by atoms with E-state index in [0.29, 0.717) is 6.54 Å². The lowest BCUT2D eigenvalue weighted by molar-refractivity contribution is -0.121. The van der Waals surface area contributed by atoms with Gasteiger partial charge in [0.05, 0.1) is 4.47 Å². The first-order valence-electron chi connectivity index (χ1n) is 4.70. The van der Waals surface area contributed by atoms with Gasteiger partial charge in [0.2, 0.25) is 5.91 Å². The highest BCUT2D eigenvalue weighted by molar-refractivity contribution is 9.10. The van der Waals surface area contributed by atoms with E-state index in [-0.39, 0.29) is 16.9 Å². The van der Waals surface area contributed by atoms with Crippen LogP contribution in [0.1, 0.15) is 6.92 Å². The van der Waals surface area contributed by atoms with Crippen molar-refractivity contribution >= 4 is 21.8 Å². The molecule has 0 aliphatic rings. The molecule has 0 atom stereocenters. The third-order valence-electron chi connectivity index (χ3n) is 1.96. The van der Waals surface area contributed by atoms with Gasteiger partial charge < -0.3 is 9.88 Å². The van der Waals surface area contributed by atoms with Crippen LogP contribution in [0.3, 0.4) is 0 Å². The van der Waals surface area contributed by atoms with Gasteiger partial charge in [0.1, 0.15) is 6.54 Å². The van der Waals surface area contributed by atoms with Gasteiger partial charge in [-0.05, 0) is 22.9 Å². The molecule has 1 rings (SSSR count). The van der Waals surface area contributed by atoms with E-state index in [1.165, 1.54) is 17.8 Å². The first-order valence-corrected chi connectivity index (χ1v) is 5.49. The molecule has 0 aliphatic heterocycles. The number of aryl methyl sites for hydroxylation is 1. The molecule has 7 heteroatoms. The van der Waals surface area contributed by atoms with Crippen LogP contribution in [0.4, 0.5) is 0 Å².